The van der Waals surface area contributed by atoms with Crippen LogP contribution in [0.4, 0.5) is 5.69 Å². The number of unbranched alkanes of at least 4 members (excludes halogenated alkanes) is 4. The number of esters is 2. The first-order chi connectivity index (χ1) is 54.6. The number of rotatable bonds is 27. The molecule has 3 saturated carbocycles. The second kappa shape index (κ2) is 34.4. The summed E-state index contributed by atoms with van der Waals surface area (Å²) in [5.74, 6) is 6.52. The minimum atomic E-state index is -1.14. The van der Waals surface area contributed by atoms with Gasteiger partial charge in [0.05, 0.1) is 32.3 Å². The van der Waals surface area contributed by atoms with Gasteiger partial charge in [-0.25, -0.2) is 4.79 Å². The van der Waals surface area contributed by atoms with Crippen molar-refractivity contribution in [3.8, 4) is 79.0 Å². The van der Waals surface area contributed by atoms with Crippen molar-refractivity contribution in [2.45, 2.75) is 193 Å². The number of carbonyl (C=O) groups is 3. The van der Waals surface area contributed by atoms with Gasteiger partial charge in [0, 0.05) is 38.7 Å². The Kier molecular flexibility index (Phi) is 23.7. The van der Waals surface area contributed by atoms with Gasteiger partial charge in [0.2, 0.25) is 0 Å². The molecule has 0 radical (unpaired) electrons. The van der Waals surface area contributed by atoms with Crippen molar-refractivity contribution in [1.82, 2.24) is 0 Å². The lowest BCUT2D eigenvalue weighted by Gasteiger charge is -2.38. The maximum atomic E-state index is 15.2. The minimum absolute atomic E-state index is 0.106. The van der Waals surface area contributed by atoms with Crippen LogP contribution < -0.4 is 33.7 Å². The van der Waals surface area contributed by atoms with E-state index in [1.54, 1.807) is 20.3 Å². The molecule has 578 valence electrons. The molecule has 10 aromatic rings. The third kappa shape index (κ3) is 16.4. The van der Waals surface area contributed by atoms with Gasteiger partial charge < -0.3 is 33.7 Å². The lowest BCUT2D eigenvalue weighted by atomic mass is 9.68. The Bertz CT molecular complexity index is 4970. The molecule has 10 aromatic carbocycles. The standard InChI is InChI=1S/C102H111NO9/c1-9-12-14-18-67-22-26-69(27-23-67)71-30-32-72(33-31-71)73-34-38-77(39-35-73)98(104)103-82-51-42-75(43-52-82)79-46-59-92-91(62-79)95-89-63-94(111-100(106)87-21-17-16-20-86(87)76-44-53-85(54-45-76)110-99(105)78-40-36-74(37-41-78)70-28-24-68(25-29-70)19-15-13-10-2)93(108-8)64-90(89)97-88(96(95)101(92,5)6)60-61-102(112-97,80-47-55-83(107-7)56-48-80)81-49-57-84(58-50-81)109-65-66(4)11-3/h16-17,20-21,30-35,38-39,42-64,66-70,74,78H,9-15,18-19,22-29,36-37,40-41,65H2,1-8H3,(H,103,104)/t66-,67-,68-,69-,70-,74-,78-,102?/m0/s1. The Hall–Kier alpha value is -10.2. The molecule has 0 aromatic heterocycles. The van der Waals surface area contributed by atoms with Crippen LogP contribution >= 0.6 is 0 Å². The first-order valence-corrected chi connectivity index (χ1v) is 42.0. The van der Waals surface area contributed by atoms with Gasteiger partial charge >= 0.3 is 11.9 Å². The summed E-state index contributed by atoms with van der Waals surface area (Å²) >= 11 is 0. The topological polar surface area (TPSA) is 119 Å². The van der Waals surface area contributed by atoms with Crippen molar-refractivity contribution in [3.63, 3.8) is 0 Å². The number of amides is 1. The van der Waals surface area contributed by atoms with Crippen LogP contribution in [-0.2, 0) is 15.8 Å². The molecule has 0 saturated heterocycles. The van der Waals surface area contributed by atoms with Gasteiger partial charge in [-0.2, -0.15) is 0 Å². The van der Waals surface area contributed by atoms with Crippen molar-refractivity contribution < 1.29 is 42.8 Å². The predicted octanol–water partition coefficient (Wildman–Crippen LogP) is 26.4. The summed E-state index contributed by atoms with van der Waals surface area (Å²) in [6, 6.07) is 66.8. The highest BCUT2D eigenvalue weighted by Gasteiger charge is 2.45. The molecule has 15 rings (SSSR count). The van der Waals surface area contributed by atoms with Gasteiger partial charge in [-0.3, -0.25) is 9.59 Å². The summed E-state index contributed by atoms with van der Waals surface area (Å²) in [6.07, 6.45) is 30.8. The normalized spacial score (nSPS) is 20.5. The molecule has 1 amide bonds. The highest BCUT2D eigenvalue weighted by Crippen LogP contribution is 2.60. The highest BCUT2D eigenvalue weighted by atomic mass is 16.6. The lowest BCUT2D eigenvalue weighted by molar-refractivity contribution is -0.140. The van der Waals surface area contributed by atoms with E-state index in [4.69, 9.17) is 28.4 Å². The lowest BCUT2D eigenvalue weighted by Crippen LogP contribution is -2.35. The minimum Gasteiger partial charge on any atom is -0.497 e. The number of hydrogen-bond donors (Lipinski definition) is 1. The van der Waals surface area contributed by atoms with Gasteiger partial charge in [-0.05, 0) is 257 Å². The molecule has 1 unspecified atom stereocenters. The van der Waals surface area contributed by atoms with Crippen LogP contribution in [0, 0.1) is 35.5 Å². The fourth-order valence-corrected chi connectivity index (χ4v) is 19.0. The summed E-state index contributed by atoms with van der Waals surface area (Å²) in [7, 11) is 3.27. The second-order valence-corrected chi connectivity index (χ2v) is 33.4. The van der Waals surface area contributed by atoms with E-state index in [0.29, 0.717) is 64.0 Å². The van der Waals surface area contributed by atoms with E-state index >= 15 is 4.79 Å². The SMILES string of the molecule is CCCCC[C@H]1CC[C@H](c2ccc(-c3ccc(C(=O)Nc4ccc(-c5ccc6c(c5)-c5c(c7c(c8cc(OC)c(OC(=O)c9ccccc9-c9ccc(OC(=O)[C@H]%10CC[C@H]([C@H]%11CC[C@H](CCCCC)CC%11)CC%10)cc9)cc58)OC(c5ccc(OC)cc5)(c5ccc(OC[C@@H](C)CC)cc5)C=C7)C6(C)C)cc4)cc3)cc2)CC1. The van der Waals surface area contributed by atoms with E-state index < -0.39 is 17.0 Å². The van der Waals surface area contributed by atoms with Crippen LogP contribution in [0.25, 0.3) is 61.4 Å². The van der Waals surface area contributed by atoms with E-state index in [1.165, 1.54) is 108 Å². The van der Waals surface area contributed by atoms with Gasteiger partial charge in [0.1, 0.15) is 23.0 Å². The van der Waals surface area contributed by atoms with Crippen LogP contribution in [0.15, 0.2) is 206 Å². The van der Waals surface area contributed by atoms with Crippen LogP contribution in [-0.4, -0.2) is 38.7 Å². The van der Waals surface area contributed by atoms with Crippen molar-refractivity contribution >= 4 is 40.4 Å². The molecule has 0 bridgehead atoms. The van der Waals surface area contributed by atoms with Crippen LogP contribution in [0.2, 0.25) is 0 Å². The first-order valence-electron chi connectivity index (χ1n) is 42.0. The Balaban J connectivity index is 0.712. The van der Waals surface area contributed by atoms with Gasteiger partial charge in [-0.1, -0.05) is 234 Å². The van der Waals surface area contributed by atoms with Crippen LogP contribution in [0.5, 0.6) is 34.5 Å². The maximum Gasteiger partial charge on any atom is 0.344 e. The van der Waals surface area contributed by atoms with Gasteiger partial charge in [0.25, 0.3) is 5.91 Å². The Labute approximate surface area is 664 Å². The van der Waals surface area contributed by atoms with Crippen molar-refractivity contribution in [1.29, 1.82) is 0 Å². The molecular formula is C102H111NO9. The number of nitrogens with one attached hydrogen (secondary N) is 1. The molecule has 10 heteroatoms. The van der Waals surface area contributed by atoms with Crippen molar-refractivity contribution in [2.75, 3.05) is 26.1 Å². The molecule has 5 aliphatic rings. The molecule has 4 aliphatic carbocycles. The molecule has 1 N–H and O–H groups in total. The second-order valence-electron chi connectivity index (χ2n) is 33.4. The number of methoxy groups -OCH3 is 2. The van der Waals surface area contributed by atoms with Crippen molar-refractivity contribution in [2.24, 2.45) is 35.5 Å². The molecule has 0 spiro atoms. The third-order valence-electron chi connectivity index (χ3n) is 26.0. The largest absolute Gasteiger partial charge is 0.497 e. The Morgan fingerprint density at radius 3 is 1.71 bits per heavy atom. The monoisotopic (exact) mass is 1490 g/mol. The van der Waals surface area contributed by atoms with E-state index in [9.17, 15) is 9.59 Å². The Morgan fingerprint density at radius 1 is 0.527 bits per heavy atom. The summed E-state index contributed by atoms with van der Waals surface area (Å²) in [5, 5.41) is 4.73. The number of carbonyl (C=O) groups excluding carboxylic acids is 3. The average molecular weight is 1500 g/mol. The predicted molar refractivity (Wildman–Crippen MR) is 455 cm³/mol. The molecule has 3 fully saturated rings. The molecule has 2 atom stereocenters. The van der Waals surface area contributed by atoms with Crippen LogP contribution in [0.3, 0.4) is 0 Å². The quantitative estimate of drug-likeness (QED) is 0.0305. The van der Waals surface area contributed by atoms with Gasteiger partial charge in [0.15, 0.2) is 17.1 Å². The first kappa shape index (κ1) is 77.1. The zero-order valence-corrected chi connectivity index (χ0v) is 67.0. The molecule has 1 aliphatic heterocycles. The summed E-state index contributed by atoms with van der Waals surface area (Å²) < 4.78 is 39.0. The highest BCUT2D eigenvalue weighted by molar-refractivity contribution is 6.11. The fourth-order valence-electron chi connectivity index (χ4n) is 19.0. The number of benzene rings is 10. The van der Waals surface area contributed by atoms with E-state index in [-0.39, 0.29) is 23.5 Å². The van der Waals surface area contributed by atoms with E-state index in [0.717, 1.165) is 139 Å². The summed E-state index contributed by atoms with van der Waals surface area (Å²) in [5.41, 5.74) is 13.9. The fraction of sp³-hybridized carbons (Fsp3) is 0.382. The Morgan fingerprint density at radius 2 is 1.09 bits per heavy atom. The van der Waals surface area contributed by atoms with Crippen molar-refractivity contribution in [3.05, 3.63) is 251 Å². The zero-order chi connectivity index (χ0) is 77.5. The number of anilines is 1. The number of hydrogen-bond acceptors (Lipinski definition) is 9. The number of fused-ring (bicyclic) bond motifs is 8. The smallest absolute Gasteiger partial charge is 0.344 e. The number of ether oxygens (including phenoxy) is 6. The summed E-state index contributed by atoms with van der Waals surface area (Å²) in [4.78, 5) is 42.9. The zero-order valence-electron chi connectivity index (χ0n) is 67.0. The third-order valence-corrected chi connectivity index (χ3v) is 26.0. The van der Waals surface area contributed by atoms with E-state index in [1.807, 2.05) is 115 Å². The maximum absolute atomic E-state index is 15.2. The molecule has 1 heterocycles. The molecule has 112 heavy (non-hydrogen) atoms. The molecular weight excluding hydrogens is 1380 g/mol. The summed E-state index contributed by atoms with van der Waals surface area (Å²) in [6.45, 7) is 14.1. The van der Waals surface area contributed by atoms with E-state index in [2.05, 4.69) is 138 Å². The van der Waals surface area contributed by atoms with Crippen LogP contribution in [0.1, 0.15) is 236 Å². The van der Waals surface area contributed by atoms with Gasteiger partial charge in [-0.15, -0.1) is 0 Å². The molecule has 10 nitrogen and oxygen atoms in total. The average Bonchev–Trinajstić information content (AvgIpc) is 1.09.